The zero-order valence-corrected chi connectivity index (χ0v) is 11.3. The van der Waals surface area contributed by atoms with Crippen LogP contribution in [0.15, 0.2) is 17.4 Å². The van der Waals surface area contributed by atoms with E-state index in [1.807, 2.05) is 5.48 Å². The van der Waals surface area contributed by atoms with Gasteiger partial charge >= 0.3 is 12.2 Å². The fraction of sp³-hybridized carbons (Fsp3) is 0.300. The number of hydrogen-bond donors (Lipinski definition) is 2. The molecule has 2 N–H and O–H groups in total. The third-order valence-corrected chi connectivity index (χ3v) is 2.30. The van der Waals surface area contributed by atoms with Gasteiger partial charge in [-0.1, -0.05) is 16.8 Å². The maximum atomic E-state index is 12.4. The highest BCUT2D eigenvalue weighted by Gasteiger charge is 2.31. The Balaban J connectivity index is 2.49. The summed E-state index contributed by atoms with van der Waals surface area (Å²) in [6.07, 6.45) is -2.95. The number of rotatable bonds is 5. The number of aromatic nitrogens is 1. The minimum absolute atomic E-state index is 0.0375. The summed E-state index contributed by atoms with van der Waals surface area (Å²) in [5.41, 5.74) is 1.01. The number of pyridine rings is 1. The standard InChI is InChI=1S/C10H10ClF3N4O3/c1-20-17-5-16-9(19)18-21-4-8-7(11)2-6(3-15-8)10(12,13)14/h2-3,5H,4H2,1H3,(H2,16,17,18,19). The predicted octanol–water partition coefficient (Wildman–Crippen LogP) is 2.07. The topological polar surface area (TPSA) is 84.8 Å². The molecule has 21 heavy (non-hydrogen) atoms. The van der Waals surface area contributed by atoms with Crippen LogP contribution in [0.4, 0.5) is 18.0 Å². The largest absolute Gasteiger partial charge is 0.417 e. The Bertz CT molecular complexity index is 525. The van der Waals surface area contributed by atoms with Crippen LogP contribution in [0.1, 0.15) is 11.3 Å². The number of carbonyl (C=O) groups is 1. The van der Waals surface area contributed by atoms with Crippen LogP contribution < -0.4 is 10.8 Å². The Labute approximate surface area is 122 Å². The quantitative estimate of drug-likeness (QED) is 0.493. The van der Waals surface area contributed by atoms with E-state index in [1.54, 1.807) is 0 Å². The molecule has 0 aromatic carbocycles. The van der Waals surface area contributed by atoms with Crippen molar-refractivity contribution in [2.24, 2.45) is 5.16 Å². The second-order valence-electron chi connectivity index (χ2n) is 3.43. The van der Waals surface area contributed by atoms with Gasteiger partial charge in [-0.3, -0.25) is 15.1 Å². The molecule has 0 fully saturated rings. The third kappa shape index (κ3) is 5.83. The van der Waals surface area contributed by atoms with E-state index >= 15 is 0 Å². The number of carbonyl (C=O) groups excluding carboxylic acids is 1. The summed E-state index contributed by atoms with van der Waals surface area (Å²) in [6.45, 7) is -0.314. The normalized spacial score (nSPS) is 11.5. The van der Waals surface area contributed by atoms with Gasteiger partial charge in [-0.05, 0) is 6.07 Å². The van der Waals surface area contributed by atoms with Crippen LogP contribution in [-0.4, -0.2) is 24.5 Å². The van der Waals surface area contributed by atoms with Gasteiger partial charge in [0.2, 0.25) is 0 Å². The second-order valence-corrected chi connectivity index (χ2v) is 3.84. The molecule has 0 aliphatic rings. The fourth-order valence-corrected chi connectivity index (χ4v) is 1.29. The van der Waals surface area contributed by atoms with Crippen LogP contribution in [0, 0.1) is 0 Å². The Hall–Kier alpha value is -2.07. The minimum atomic E-state index is -4.53. The van der Waals surface area contributed by atoms with Gasteiger partial charge in [-0.15, -0.1) is 0 Å². The van der Waals surface area contributed by atoms with Crippen LogP contribution in [0.5, 0.6) is 0 Å². The van der Waals surface area contributed by atoms with Gasteiger partial charge in [0, 0.05) is 6.20 Å². The van der Waals surface area contributed by atoms with Crippen LogP contribution in [-0.2, 0) is 22.5 Å². The molecule has 0 atom stereocenters. The SMILES string of the molecule is CO/N=C\NC(=O)NOCc1ncc(C(F)(F)F)cc1Cl. The van der Waals surface area contributed by atoms with Gasteiger partial charge in [0.25, 0.3) is 0 Å². The maximum Gasteiger partial charge on any atom is 0.417 e. The number of halogens is 4. The van der Waals surface area contributed by atoms with Gasteiger partial charge < -0.3 is 4.84 Å². The van der Waals surface area contributed by atoms with E-state index in [2.05, 4.69) is 20.3 Å². The van der Waals surface area contributed by atoms with E-state index in [0.29, 0.717) is 6.20 Å². The fourth-order valence-electron chi connectivity index (χ4n) is 1.06. The molecule has 0 spiro atoms. The first kappa shape index (κ1) is 17.0. The van der Waals surface area contributed by atoms with Crippen molar-refractivity contribution in [1.29, 1.82) is 0 Å². The minimum Gasteiger partial charge on any atom is -0.398 e. The molecule has 116 valence electrons. The van der Waals surface area contributed by atoms with Crippen molar-refractivity contribution in [3.8, 4) is 0 Å². The molecule has 7 nitrogen and oxygen atoms in total. The van der Waals surface area contributed by atoms with Gasteiger partial charge in [0.05, 0.1) is 16.3 Å². The van der Waals surface area contributed by atoms with Gasteiger partial charge in [-0.2, -0.15) is 13.2 Å². The molecule has 1 rings (SSSR count). The molecular weight excluding hydrogens is 317 g/mol. The van der Waals surface area contributed by atoms with Crippen LogP contribution in [0.2, 0.25) is 5.02 Å². The van der Waals surface area contributed by atoms with Crippen LogP contribution >= 0.6 is 11.6 Å². The number of urea groups is 1. The average molecular weight is 327 g/mol. The monoisotopic (exact) mass is 326 g/mol. The van der Waals surface area contributed by atoms with Crippen molar-refractivity contribution in [3.63, 3.8) is 0 Å². The molecule has 1 heterocycles. The summed E-state index contributed by atoms with van der Waals surface area (Å²) in [5.74, 6) is 0. The van der Waals surface area contributed by atoms with Crippen LogP contribution in [0.25, 0.3) is 0 Å². The Morgan fingerprint density at radius 2 is 2.29 bits per heavy atom. The number of alkyl halides is 3. The van der Waals surface area contributed by atoms with Crippen molar-refractivity contribution in [2.75, 3.05) is 7.11 Å². The number of hydroxylamine groups is 1. The summed E-state index contributed by atoms with van der Waals surface area (Å²) in [5, 5.41) is 5.12. The molecule has 0 unspecified atom stereocenters. The van der Waals surface area contributed by atoms with E-state index < -0.39 is 17.8 Å². The second kappa shape index (κ2) is 7.64. The van der Waals surface area contributed by atoms with E-state index in [1.165, 1.54) is 7.11 Å². The molecule has 0 bridgehead atoms. The molecule has 1 aromatic rings. The van der Waals surface area contributed by atoms with Crippen LogP contribution in [0.3, 0.4) is 0 Å². The summed E-state index contributed by atoms with van der Waals surface area (Å²) >= 11 is 5.64. The highest BCUT2D eigenvalue weighted by Crippen LogP contribution is 2.31. The smallest absolute Gasteiger partial charge is 0.398 e. The van der Waals surface area contributed by atoms with E-state index in [-0.39, 0.29) is 17.3 Å². The van der Waals surface area contributed by atoms with Crippen molar-refractivity contribution >= 4 is 24.0 Å². The lowest BCUT2D eigenvalue weighted by molar-refractivity contribution is -0.137. The first-order valence-corrected chi connectivity index (χ1v) is 5.67. The molecule has 0 radical (unpaired) electrons. The predicted molar refractivity (Wildman–Crippen MR) is 66.2 cm³/mol. The van der Waals surface area contributed by atoms with Crippen molar-refractivity contribution in [1.82, 2.24) is 15.8 Å². The zero-order valence-electron chi connectivity index (χ0n) is 10.6. The third-order valence-electron chi connectivity index (χ3n) is 1.97. The summed E-state index contributed by atoms with van der Waals surface area (Å²) in [6, 6.07) is -0.0442. The maximum absolute atomic E-state index is 12.4. The average Bonchev–Trinajstić information content (AvgIpc) is 2.39. The lowest BCUT2D eigenvalue weighted by Gasteiger charge is -2.09. The van der Waals surface area contributed by atoms with Gasteiger partial charge in [0.15, 0.2) is 0 Å². The molecule has 2 amide bonds. The molecular formula is C10H10ClF3N4O3. The van der Waals surface area contributed by atoms with Crippen molar-refractivity contribution in [3.05, 3.63) is 28.5 Å². The lowest BCUT2D eigenvalue weighted by atomic mass is 10.2. The van der Waals surface area contributed by atoms with E-state index in [9.17, 15) is 18.0 Å². The first-order chi connectivity index (χ1) is 9.84. The zero-order chi connectivity index (χ0) is 15.9. The molecule has 0 saturated carbocycles. The number of oxime groups is 1. The summed E-state index contributed by atoms with van der Waals surface area (Å²) in [4.78, 5) is 23.6. The molecule has 0 saturated heterocycles. The Morgan fingerprint density at radius 1 is 1.57 bits per heavy atom. The highest BCUT2D eigenvalue weighted by atomic mass is 35.5. The van der Waals surface area contributed by atoms with Crippen molar-refractivity contribution in [2.45, 2.75) is 12.8 Å². The molecule has 0 aliphatic heterocycles. The van der Waals surface area contributed by atoms with Gasteiger partial charge in [-0.25, -0.2) is 10.3 Å². The number of amides is 2. The van der Waals surface area contributed by atoms with Crippen molar-refractivity contribution < 1.29 is 27.6 Å². The number of nitrogens with one attached hydrogen (secondary N) is 2. The summed E-state index contributed by atoms with van der Waals surface area (Å²) in [7, 11) is 1.28. The summed E-state index contributed by atoms with van der Waals surface area (Å²) < 4.78 is 37.2. The lowest BCUT2D eigenvalue weighted by Crippen LogP contribution is -2.34. The Morgan fingerprint density at radius 3 is 2.86 bits per heavy atom. The molecule has 1 aromatic heterocycles. The number of hydrogen-bond acceptors (Lipinski definition) is 5. The molecule has 11 heteroatoms. The Kier molecular flexibility index (Phi) is 6.18. The van der Waals surface area contributed by atoms with E-state index in [0.717, 1.165) is 12.4 Å². The van der Waals surface area contributed by atoms with E-state index in [4.69, 9.17) is 16.4 Å². The number of nitrogens with zero attached hydrogens (tertiary/aromatic N) is 2. The molecule has 0 aliphatic carbocycles. The first-order valence-electron chi connectivity index (χ1n) is 5.29. The highest BCUT2D eigenvalue weighted by molar-refractivity contribution is 6.31. The van der Waals surface area contributed by atoms with Gasteiger partial charge in [0.1, 0.15) is 20.1 Å².